The van der Waals surface area contributed by atoms with E-state index in [1.807, 2.05) is 0 Å². The molecule has 0 amide bonds. The molecule has 0 aliphatic heterocycles. The third-order valence-corrected chi connectivity index (χ3v) is 4.20. The summed E-state index contributed by atoms with van der Waals surface area (Å²) in [6, 6.07) is 6.45. The monoisotopic (exact) mass is 266 g/mol. The molecule has 1 aromatic rings. The molecule has 0 aromatic heterocycles. The Morgan fingerprint density at radius 1 is 1.27 bits per heavy atom. The molecular formula is C13H15BrO. The maximum atomic E-state index is 11.3. The molecule has 1 aliphatic rings. The van der Waals surface area contributed by atoms with E-state index in [9.17, 15) is 4.79 Å². The third-order valence-electron chi connectivity index (χ3n) is 3.02. The van der Waals surface area contributed by atoms with Gasteiger partial charge in [0.2, 0.25) is 0 Å². The van der Waals surface area contributed by atoms with Crippen LogP contribution in [0.5, 0.6) is 0 Å². The highest BCUT2D eigenvalue weighted by Crippen LogP contribution is 2.28. The van der Waals surface area contributed by atoms with Gasteiger partial charge in [-0.25, -0.2) is 0 Å². The molecular weight excluding hydrogens is 252 g/mol. The lowest BCUT2D eigenvalue weighted by atomic mass is 9.90. The molecule has 1 aliphatic carbocycles. The number of Topliss-reactive ketones (excluding diaryl/α,β-unsaturated/α-hetero) is 1. The SMILES string of the molecule is CC(=O)C(Br)c1ccc2c(c1)CCCC2. The first kappa shape index (κ1) is 10.9. The summed E-state index contributed by atoms with van der Waals surface area (Å²) < 4.78 is 0. The second-order valence-corrected chi connectivity index (χ2v) is 5.12. The maximum absolute atomic E-state index is 11.3. The number of hydrogen-bond acceptors (Lipinski definition) is 1. The Labute approximate surface area is 99.0 Å². The van der Waals surface area contributed by atoms with E-state index in [2.05, 4.69) is 34.1 Å². The van der Waals surface area contributed by atoms with Gasteiger partial charge in [0.1, 0.15) is 5.78 Å². The molecule has 1 atom stereocenters. The van der Waals surface area contributed by atoms with Crippen LogP contribution in [0.2, 0.25) is 0 Å². The smallest absolute Gasteiger partial charge is 0.147 e. The lowest BCUT2D eigenvalue weighted by Gasteiger charge is -2.17. The first-order valence-corrected chi connectivity index (χ1v) is 6.36. The minimum atomic E-state index is -0.135. The first-order chi connectivity index (χ1) is 7.18. The van der Waals surface area contributed by atoms with E-state index in [0.717, 1.165) is 5.56 Å². The summed E-state index contributed by atoms with van der Waals surface area (Å²) in [4.78, 5) is 11.1. The highest BCUT2D eigenvalue weighted by Gasteiger charge is 2.15. The molecule has 1 nitrogen and oxygen atoms in total. The van der Waals surface area contributed by atoms with Crippen LogP contribution in [0.1, 0.15) is 41.3 Å². The molecule has 15 heavy (non-hydrogen) atoms. The van der Waals surface area contributed by atoms with E-state index in [0.29, 0.717) is 0 Å². The fraction of sp³-hybridized carbons (Fsp3) is 0.462. The number of hydrogen-bond donors (Lipinski definition) is 0. The van der Waals surface area contributed by atoms with Crippen molar-refractivity contribution in [3.05, 3.63) is 34.9 Å². The lowest BCUT2D eigenvalue weighted by Crippen LogP contribution is -2.06. The summed E-state index contributed by atoms with van der Waals surface area (Å²) in [5.74, 6) is 0.172. The van der Waals surface area contributed by atoms with E-state index in [-0.39, 0.29) is 10.6 Å². The summed E-state index contributed by atoms with van der Waals surface area (Å²) in [5.41, 5.74) is 4.00. The number of halogens is 1. The van der Waals surface area contributed by atoms with Crippen molar-refractivity contribution in [1.82, 2.24) is 0 Å². The Hall–Kier alpha value is -0.630. The topological polar surface area (TPSA) is 17.1 Å². The van der Waals surface area contributed by atoms with Crippen LogP contribution in [0, 0.1) is 0 Å². The molecule has 0 saturated carbocycles. The van der Waals surface area contributed by atoms with Crippen LogP contribution in [-0.4, -0.2) is 5.78 Å². The predicted octanol–water partition coefficient (Wildman–Crippen LogP) is 3.59. The van der Waals surface area contributed by atoms with Crippen LogP contribution in [0.25, 0.3) is 0 Å². The standard InChI is InChI=1S/C13H15BrO/c1-9(15)13(14)12-7-6-10-4-2-3-5-11(10)8-12/h6-8,13H,2-5H2,1H3. The summed E-state index contributed by atoms with van der Waals surface area (Å²) in [6.45, 7) is 1.62. The first-order valence-electron chi connectivity index (χ1n) is 5.44. The quantitative estimate of drug-likeness (QED) is 0.748. The van der Waals surface area contributed by atoms with Gasteiger partial charge < -0.3 is 0 Å². The number of carbonyl (C=O) groups is 1. The second-order valence-electron chi connectivity index (χ2n) is 4.21. The molecule has 0 radical (unpaired) electrons. The van der Waals surface area contributed by atoms with Gasteiger partial charge in [-0.05, 0) is 49.3 Å². The van der Waals surface area contributed by atoms with E-state index in [1.54, 1.807) is 6.92 Å². The van der Waals surface area contributed by atoms with Crippen molar-refractivity contribution in [2.75, 3.05) is 0 Å². The van der Waals surface area contributed by atoms with Crippen molar-refractivity contribution in [2.45, 2.75) is 37.4 Å². The molecule has 2 rings (SSSR count). The fourth-order valence-electron chi connectivity index (χ4n) is 2.15. The molecule has 1 unspecified atom stereocenters. The highest BCUT2D eigenvalue weighted by molar-refractivity contribution is 9.09. The summed E-state index contributed by atoms with van der Waals surface area (Å²) in [6.07, 6.45) is 4.95. The number of fused-ring (bicyclic) bond motifs is 1. The Balaban J connectivity index is 2.31. The average Bonchev–Trinajstić information content (AvgIpc) is 2.27. The van der Waals surface area contributed by atoms with Crippen molar-refractivity contribution in [3.63, 3.8) is 0 Å². The van der Waals surface area contributed by atoms with E-state index in [4.69, 9.17) is 0 Å². The summed E-state index contributed by atoms with van der Waals surface area (Å²) >= 11 is 3.43. The zero-order valence-corrected chi connectivity index (χ0v) is 10.5. The molecule has 1 aromatic carbocycles. The zero-order valence-electron chi connectivity index (χ0n) is 8.92. The Bertz CT molecular complexity index is 384. The van der Waals surface area contributed by atoms with Crippen molar-refractivity contribution < 1.29 is 4.79 Å². The van der Waals surface area contributed by atoms with Crippen molar-refractivity contribution in [2.24, 2.45) is 0 Å². The fourth-order valence-corrected chi connectivity index (χ4v) is 2.43. The van der Waals surface area contributed by atoms with E-state index < -0.39 is 0 Å². The molecule has 0 fully saturated rings. The van der Waals surface area contributed by atoms with Crippen LogP contribution in [-0.2, 0) is 17.6 Å². The number of aryl methyl sites for hydroxylation is 2. The van der Waals surface area contributed by atoms with Gasteiger partial charge >= 0.3 is 0 Å². The summed E-state index contributed by atoms with van der Waals surface area (Å²) in [7, 11) is 0. The zero-order chi connectivity index (χ0) is 10.8. The minimum absolute atomic E-state index is 0.135. The largest absolute Gasteiger partial charge is 0.298 e. The van der Waals surface area contributed by atoms with E-state index >= 15 is 0 Å². The van der Waals surface area contributed by atoms with E-state index in [1.165, 1.54) is 36.8 Å². The number of carbonyl (C=O) groups excluding carboxylic acids is 1. The Morgan fingerprint density at radius 3 is 2.60 bits per heavy atom. The van der Waals surface area contributed by atoms with Gasteiger partial charge in [0, 0.05) is 0 Å². The van der Waals surface area contributed by atoms with Gasteiger partial charge in [-0.1, -0.05) is 34.1 Å². The van der Waals surface area contributed by atoms with Crippen LogP contribution in [0.15, 0.2) is 18.2 Å². The predicted molar refractivity (Wildman–Crippen MR) is 65.4 cm³/mol. The van der Waals surface area contributed by atoms with Crippen molar-refractivity contribution in [1.29, 1.82) is 0 Å². The lowest BCUT2D eigenvalue weighted by molar-refractivity contribution is -0.116. The normalized spacial score (nSPS) is 16.9. The van der Waals surface area contributed by atoms with Gasteiger partial charge in [-0.15, -0.1) is 0 Å². The molecule has 80 valence electrons. The number of ketones is 1. The van der Waals surface area contributed by atoms with Gasteiger partial charge in [-0.2, -0.15) is 0 Å². The van der Waals surface area contributed by atoms with Gasteiger partial charge in [-0.3, -0.25) is 4.79 Å². The summed E-state index contributed by atoms with van der Waals surface area (Å²) in [5, 5.41) is 0. The number of rotatable bonds is 2. The van der Waals surface area contributed by atoms with Crippen LogP contribution in [0.3, 0.4) is 0 Å². The van der Waals surface area contributed by atoms with Gasteiger partial charge in [0.15, 0.2) is 0 Å². The second kappa shape index (κ2) is 4.48. The molecule has 0 saturated heterocycles. The van der Waals surface area contributed by atoms with Gasteiger partial charge in [0.05, 0.1) is 4.83 Å². The molecule has 0 heterocycles. The highest BCUT2D eigenvalue weighted by atomic mass is 79.9. The van der Waals surface area contributed by atoms with Crippen molar-refractivity contribution in [3.8, 4) is 0 Å². The average molecular weight is 267 g/mol. The number of benzene rings is 1. The maximum Gasteiger partial charge on any atom is 0.147 e. The van der Waals surface area contributed by atoms with Crippen LogP contribution in [0.4, 0.5) is 0 Å². The van der Waals surface area contributed by atoms with Gasteiger partial charge in [0.25, 0.3) is 0 Å². The molecule has 0 N–H and O–H groups in total. The number of alkyl halides is 1. The van der Waals surface area contributed by atoms with Crippen molar-refractivity contribution >= 4 is 21.7 Å². The minimum Gasteiger partial charge on any atom is -0.298 e. The molecule has 2 heteroatoms. The Morgan fingerprint density at radius 2 is 1.93 bits per heavy atom. The molecule has 0 spiro atoms. The Kier molecular flexibility index (Phi) is 3.25. The van der Waals surface area contributed by atoms with Crippen LogP contribution < -0.4 is 0 Å². The third kappa shape index (κ3) is 2.31. The van der Waals surface area contributed by atoms with Crippen LogP contribution >= 0.6 is 15.9 Å². The molecule has 0 bridgehead atoms.